The maximum absolute atomic E-state index is 11.9. The summed E-state index contributed by atoms with van der Waals surface area (Å²) in [5.74, 6) is -1.45. The van der Waals surface area contributed by atoms with Gasteiger partial charge in [0.1, 0.15) is 0 Å². The Morgan fingerprint density at radius 1 is 1.17 bits per heavy atom. The molecule has 7 nitrogen and oxygen atoms in total. The predicted octanol–water partition coefficient (Wildman–Crippen LogP) is 1.48. The van der Waals surface area contributed by atoms with E-state index in [2.05, 4.69) is 5.32 Å². The summed E-state index contributed by atoms with van der Waals surface area (Å²) in [5, 5.41) is 22.6. The van der Waals surface area contributed by atoms with E-state index in [4.69, 9.17) is 14.6 Å². The summed E-state index contributed by atoms with van der Waals surface area (Å²) in [5.41, 5.74) is -0.242. The summed E-state index contributed by atoms with van der Waals surface area (Å²) in [6, 6.07) is 10.2. The molecule has 0 aromatic heterocycles. The molecule has 2 aromatic carbocycles. The molecule has 0 saturated heterocycles. The van der Waals surface area contributed by atoms with E-state index in [0.717, 1.165) is 6.07 Å². The van der Waals surface area contributed by atoms with Gasteiger partial charge in [-0.05, 0) is 18.2 Å². The van der Waals surface area contributed by atoms with Crippen LogP contribution in [0.25, 0.3) is 0 Å². The molecule has 0 saturated carbocycles. The number of methoxy groups -OCH3 is 1. The van der Waals surface area contributed by atoms with Crippen LogP contribution in [-0.4, -0.2) is 30.7 Å². The maximum atomic E-state index is 11.9. The first-order chi connectivity index (χ1) is 11.0. The highest BCUT2D eigenvalue weighted by molar-refractivity contribution is 6.01. The molecule has 0 spiro atoms. The number of ether oxygens (including phenoxy) is 2. The molecule has 2 rings (SSSR count). The van der Waals surface area contributed by atoms with Crippen molar-refractivity contribution in [2.45, 2.75) is 0 Å². The quantitative estimate of drug-likeness (QED) is 0.836. The van der Waals surface area contributed by atoms with E-state index in [-0.39, 0.29) is 17.9 Å². The standard InChI is InChI=1S/C16H15NO6/c1-22-13-4-2-3-5-14(13)23-9-15(19)17-12-7-6-10(18)8-11(12)16(20)21/h2-8,18H,9H2,1H3,(H,17,19)(H,20,21)/p-1. The van der Waals surface area contributed by atoms with Gasteiger partial charge >= 0.3 is 5.97 Å². The van der Waals surface area contributed by atoms with Gasteiger partial charge in [0.2, 0.25) is 0 Å². The normalized spacial score (nSPS) is 9.96. The number of hydrogen-bond donors (Lipinski definition) is 2. The third-order valence-electron chi connectivity index (χ3n) is 2.92. The van der Waals surface area contributed by atoms with Crippen molar-refractivity contribution in [3.05, 3.63) is 48.0 Å². The van der Waals surface area contributed by atoms with Crippen LogP contribution in [0.5, 0.6) is 17.2 Å². The molecule has 0 unspecified atom stereocenters. The molecule has 2 aromatic rings. The van der Waals surface area contributed by atoms with Gasteiger partial charge in [-0.15, -0.1) is 5.75 Å². The van der Waals surface area contributed by atoms with E-state index >= 15 is 0 Å². The Morgan fingerprint density at radius 2 is 1.87 bits per heavy atom. The van der Waals surface area contributed by atoms with Crippen LogP contribution >= 0.6 is 0 Å². The minimum absolute atomic E-state index is 0.0331. The molecular formula is C16H14NO6-. The highest BCUT2D eigenvalue weighted by atomic mass is 16.5. The second-order valence-electron chi connectivity index (χ2n) is 4.50. The first-order valence-electron chi connectivity index (χ1n) is 6.61. The molecule has 1 amide bonds. The Morgan fingerprint density at radius 3 is 2.52 bits per heavy atom. The van der Waals surface area contributed by atoms with Crippen molar-refractivity contribution >= 4 is 17.6 Å². The van der Waals surface area contributed by atoms with Gasteiger partial charge < -0.3 is 25.0 Å². The number of carbonyl (C=O) groups is 2. The summed E-state index contributed by atoms with van der Waals surface area (Å²) in [7, 11) is 1.48. The molecule has 0 aliphatic rings. The summed E-state index contributed by atoms with van der Waals surface area (Å²) in [4.78, 5) is 23.0. The highest BCUT2D eigenvalue weighted by Gasteiger charge is 2.13. The van der Waals surface area contributed by atoms with Crippen LogP contribution in [0.3, 0.4) is 0 Å². The second kappa shape index (κ2) is 7.17. The average Bonchev–Trinajstić information content (AvgIpc) is 2.54. The number of carboxylic acids is 1. The Kier molecular flexibility index (Phi) is 5.03. The number of nitrogens with one attached hydrogen (secondary N) is 1. The van der Waals surface area contributed by atoms with Crippen molar-refractivity contribution in [1.82, 2.24) is 0 Å². The zero-order chi connectivity index (χ0) is 16.8. The third-order valence-corrected chi connectivity index (χ3v) is 2.92. The molecule has 0 aliphatic heterocycles. The van der Waals surface area contributed by atoms with Crippen LogP contribution in [0.2, 0.25) is 0 Å². The molecule has 23 heavy (non-hydrogen) atoms. The molecule has 120 valence electrons. The second-order valence-corrected chi connectivity index (χ2v) is 4.50. The Balaban J connectivity index is 2.04. The van der Waals surface area contributed by atoms with E-state index < -0.39 is 17.6 Å². The molecule has 0 radical (unpaired) electrons. The van der Waals surface area contributed by atoms with Crippen molar-refractivity contribution in [3.8, 4) is 17.2 Å². The summed E-state index contributed by atoms with van der Waals surface area (Å²) in [6.45, 7) is -0.335. The Labute approximate surface area is 132 Å². The van der Waals surface area contributed by atoms with Gasteiger partial charge in [0, 0.05) is 0 Å². The highest BCUT2D eigenvalue weighted by Crippen LogP contribution is 2.26. The monoisotopic (exact) mass is 316 g/mol. The fourth-order valence-electron chi connectivity index (χ4n) is 1.88. The van der Waals surface area contributed by atoms with Crippen LogP contribution in [0.1, 0.15) is 10.4 Å². The molecule has 2 N–H and O–H groups in total. The number of para-hydroxylation sites is 2. The van der Waals surface area contributed by atoms with Gasteiger partial charge in [0.15, 0.2) is 18.1 Å². The fourth-order valence-corrected chi connectivity index (χ4v) is 1.88. The van der Waals surface area contributed by atoms with Crippen LogP contribution in [-0.2, 0) is 4.79 Å². The van der Waals surface area contributed by atoms with E-state index in [1.807, 2.05) is 0 Å². The number of amides is 1. The van der Waals surface area contributed by atoms with Gasteiger partial charge in [-0.1, -0.05) is 24.3 Å². The van der Waals surface area contributed by atoms with Gasteiger partial charge in [-0.2, -0.15) is 0 Å². The minimum Gasteiger partial charge on any atom is -0.872 e. The summed E-state index contributed by atoms with van der Waals surface area (Å²) >= 11 is 0. The largest absolute Gasteiger partial charge is 0.872 e. The first-order valence-corrected chi connectivity index (χ1v) is 6.61. The smallest absolute Gasteiger partial charge is 0.337 e. The van der Waals surface area contributed by atoms with Gasteiger partial charge in [0.25, 0.3) is 5.91 Å². The fraction of sp³-hybridized carbons (Fsp3) is 0.125. The molecular weight excluding hydrogens is 302 g/mol. The van der Waals surface area contributed by atoms with E-state index in [9.17, 15) is 14.7 Å². The van der Waals surface area contributed by atoms with E-state index in [0.29, 0.717) is 11.5 Å². The first kappa shape index (κ1) is 16.2. The SMILES string of the molecule is COc1ccccc1OCC(=O)Nc1ccc([O-])cc1C(=O)O. The molecule has 0 heterocycles. The molecule has 0 aliphatic carbocycles. The van der Waals surface area contributed by atoms with Crippen molar-refractivity contribution in [1.29, 1.82) is 0 Å². The van der Waals surface area contributed by atoms with Crippen molar-refractivity contribution in [2.24, 2.45) is 0 Å². The summed E-state index contributed by atoms with van der Waals surface area (Å²) in [6.07, 6.45) is 0. The number of hydrogen-bond acceptors (Lipinski definition) is 5. The van der Waals surface area contributed by atoms with Crippen LogP contribution in [0.4, 0.5) is 5.69 Å². The molecule has 7 heteroatoms. The topological polar surface area (TPSA) is 108 Å². The van der Waals surface area contributed by atoms with E-state index in [1.165, 1.54) is 19.2 Å². The number of rotatable bonds is 6. The zero-order valence-electron chi connectivity index (χ0n) is 12.2. The van der Waals surface area contributed by atoms with Crippen LogP contribution in [0, 0.1) is 0 Å². The molecule has 0 atom stereocenters. The van der Waals surface area contributed by atoms with Crippen LogP contribution in [0.15, 0.2) is 42.5 Å². The lowest BCUT2D eigenvalue weighted by atomic mass is 10.1. The Bertz CT molecular complexity index is 728. The lowest BCUT2D eigenvalue weighted by Gasteiger charge is -2.13. The van der Waals surface area contributed by atoms with Crippen LogP contribution < -0.4 is 19.9 Å². The zero-order valence-corrected chi connectivity index (χ0v) is 12.2. The number of carboxylic acid groups (broad SMARTS) is 1. The molecule has 0 bridgehead atoms. The maximum Gasteiger partial charge on any atom is 0.337 e. The van der Waals surface area contributed by atoms with Gasteiger partial charge in [-0.25, -0.2) is 4.79 Å². The summed E-state index contributed by atoms with van der Waals surface area (Å²) < 4.78 is 10.4. The van der Waals surface area contributed by atoms with Gasteiger partial charge in [0.05, 0.1) is 18.4 Å². The third kappa shape index (κ3) is 4.13. The van der Waals surface area contributed by atoms with Crippen molar-refractivity contribution in [3.63, 3.8) is 0 Å². The van der Waals surface area contributed by atoms with Crippen molar-refractivity contribution in [2.75, 3.05) is 19.0 Å². The van der Waals surface area contributed by atoms with Gasteiger partial charge in [-0.3, -0.25) is 4.79 Å². The molecule has 0 fully saturated rings. The average molecular weight is 316 g/mol. The number of benzene rings is 2. The predicted molar refractivity (Wildman–Crippen MR) is 80.0 cm³/mol. The van der Waals surface area contributed by atoms with Crippen molar-refractivity contribution < 1.29 is 29.3 Å². The lowest BCUT2D eigenvalue weighted by Crippen LogP contribution is -2.21. The van der Waals surface area contributed by atoms with E-state index in [1.54, 1.807) is 24.3 Å². The lowest BCUT2D eigenvalue weighted by molar-refractivity contribution is -0.268. The number of carbonyl (C=O) groups excluding carboxylic acids is 1. The minimum atomic E-state index is -1.30. The number of anilines is 1. The number of aromatic carboxylic acids is 1. The Hall–Kier alpha value is -3.22.